The van der Waals surface area contributed by atoms with Gasteiger partial charge in [0, 0.05) is 0 Å². The molecule has 1 rings (SSSR count). The molecule has 3 nitrogen and oxygen atoms in total. The first kappa shape index (κ1) is 18.5. The highest BCUT2D eigenvalue weighted by Gasteiger charge is 2.22. The van der Waals surface area contributed by atoms with Crippen LogP contribution in [0.3, 0.4) is 0 Å². The lowest BCUT2D eigenvalue weighted by Gasteiger charge is -2.24. The second kappa shape index (κ2) is 10.2. The first-order chi connectivity index (χ1) is 10.1. The molecule has 1 heterocycles. The van der Waals surface area contributed by atoms with E-state index in [1.54, 1.807) is 0 Å². The zero-order valence-electron chi connectivity index (χ0n) is 14.5. The van der Waals surface area contributed by atoms with Crippen LogP contribution < -0.4 is 5.32 Å². The van der Waals surface area contributed by atoms with E-state index in [1.165, 1.54) is 51.7 Å². The second-order valence-electron chi connectivity index (χ2n) is 6.87. The van der Waals surface area contributed by atoms with E-state index >= 15 is 0 Å². The third-order valence-corrected chi connectivity index (χ3v) is 4.93. The smallest absolute Gasteiger partial charge is 0.103 e. The zero-order valence-corrected chi connectivity index (χ0v) is 14.5. The minimum atomic E-state index is -0.331. The van der Waals surface area contributed by atoms with Gasteiger partial charge in [-0.15, -0.1) is 0 Å². The highest BCUT2D eigenvalue weighted by molar-refractivity contribution is 5.03. The Balaban J connectivity index is 2.19. The molecule has 1 aliphatic heterocycles. The van der Waals surface area contributed by atoms with Gasteiger partial charge in [0.2, 0.25) is 0 Å². The van der Waals surface area contributed by atoms with Crippen LogP contribution >= 0.6 is 0 Å². The average Bonchev–Trinajstić information content (AvgIpc) is 2.75. The van der Waals surface area contributed by atoms with Crippen molar-refractivity contribution in [2.24, 2.45) is 5.92 Å². The number of nitrogens with zero attached hydrogens (tertiary/aromatic N) is 2. The predicted molar refractivity (Wildman–Crippen MR) is 90.2 cm³/mol. The number of rotatable bonds is 9. The van der Waals surface area contributed by atoms with Crippen LogP contribution in [0.5, 0.6) is 0 Å². The molecule has 0 saturated carbocycles. The van der Waals surface area contributed by atoms with Crippen LogP contribution in [-0.2, 0) is 0 Å². The van der Waals surface area contributed by atoms with Gasteiger partial charge in [0.1, 0.15) is 5.54 Å². The average molecular weight is 293 g/mol. The topological polar surface area (TPSA) is 39.1 Å². The summed E-state index contributed by atoms with van der Waals surface area (Å²) in [6.07, 6.45) is 9.93. The van der Waals surface area contributed by atoms with Crippen LogP contribution in [0.2, 0.25) is 0 Å². The van der Waals surface area contributed by atoms with E-state index in [-0.39, 0.29) is 5.54 Å². The van der Waals surface area contributed by atoms with E-state index in [1.807, 2.05) is 6.92 Å². The van der Waals surface area contributed by atoms with Crippen LogP contribution in [0.15, 0.2) is 0 Å². The summed E-state index contributed by atoms with van der Waals surface area (Å²) >= 11 is 0. The van der Waals surface area contributed by atoms with Crippen molar-refractivity contribution in [2.45, 2.75) is 77.7 Å². The third kappa shape index (κ3) is 7.29. The Morgan fingerprint density at radius 1 is 1.24 bits per heavy atom. The van der Waals surface area contributed by atoms with Crippen LogP contribution in [-0.4, -0.2) is 36.6 Å². The van der Waals surface area contributed by atoms with Crippen molar-refractivity contribution >= 4 is 0 Å². The monoisotopic (exact) mass is 293 g/mol. The molecule has 0 radical (unpaired) electrons. The van der Waals surface area contributed by atoms with Crippen molar-refractivity contribution in [1.82, 2.24) is 10.2 Å². The van der Waals surface area contributed by atoms with E-state index in [4.69, 9.17) is 0 Å². The number of likely N-dealkylation sites (tertiary alicyclic amines) is 1. The van der Waals surface area contributed by atoms with Gasteiger partial charge in [-0.05, 0) is 84.0 Å². The summed E-state index contributed by atoms with van der Waals surface area (Å²) < 4.78 is 0. The third-order valence-electron chi connectivity index (χ3n) is 4.93. The minimum absolute atomic E-state index is 0.331. The predicted octanol–water partition coefficient (Wildman–Crippen LogP) is 3.95. The Hall–Kier alpha value is -0.590. The molecule has 0 spiro atoms. The van der Waals surface area contributed by atoms with Crippen molar-refractivity contribution in [2.75, 3.05) is 26.2 Å². The first-order valence-electron chi connectivity index (χ1n) is 9.02. The van der Waals surface area contributed by atoms with E-state index in [0.717, 1.165) is 31.7 Å². The SMILES string of the molecule is CCCNC(C)(C#N)CCCCN1CCCC(CC)CC1. The van der Waals surface area contributed by atoms with Crippen LogP contribution in [0.1, 0.15) is 72.1 Å². The molecule has 1 aliphatic rings. The molecule has 122 valence electrons. The second-order valence-corrected chi connectivity index (χ2v) is 6.87. The largest absolute Gasteiger partial charge is 0.303 e. The summed E-state index contributed by atoms with van der Waals surface area (Å²) in [4.78, 5) is 2.64. The quantitative estimate of drug-likeness (QED) is 0.654. The van der Waals surface area contributed by atoms with Crippen molar-refractivity contribution in [3.63, 3.8) is 0 Å². The summed E-state index contributed by atoms with van der Waals surface area (Å²) in [7, 11) is 0. The Morgan fingerprint density at radius 3 is 2.71 bits per heavy atom. The molecule has 2 unspecified atom stereocenters. The lowest BCUT2D eigenvalue weighted by atomic mass is 9.96. The maximum Gasteiger partial charge on any atom is 0.103 e. The van der Waals surface area contributed by atoms with Crippen LogP contribution in [0.25, 0.3) is 0 Å². The fourth-order valence-corrected chi connectivity index (χ4v) is 3.26. The van der Waals surface area contributed by atoms with Gasteiger partial charge >= 0.3 is 0 Å². The summed E-state index contributed by atoms with van der Waals surface area (Å²) in [5, 5.41) is 12.7. The van der Waals surface area contributed by atoms with Crippen molar-refractivity contribution in [3.8, 4) is 6.07 Å². The molecule has 21 heavy (non-hydrogen) atoms. The molecule has 0 amide bonds. The fraction of sp³-hybridized carbons (Fsp3) is 0.944. The summed E-state index contributed by atoms with van der Waals surface area (Å²) in [6, 6.07) is 2.45. The molecular formula is C18H35N3. The molecule has 1 N–H and O–H groups in total. The molecule has 0 bridgehead atoms. The Labute approximate surface area is 132 Å². The normalized spacial score (nSPS) is 23.2. The van der Waals surface area contributed by atoms with Gasteiger partial charge in [0.15, 0.2) is 0 Å². The number of hydrogen-bond acceptors (Lipinski definition) is 3. The van der Waals surface area contributed by atoms with Gasteiger partial charge in [-0.1, -0.05) is 20.3 Å². The standard InChI is InChI=1S/C18H35N3/c1-4-12-20-18(3,16-19)11-6-7-13-21-14-8-9-17(5-2)10-15-21/h17,20H,4-15H2,1-3H3. The van der Waals surface area contributed by atoms with Gasteiger partial charge in [0.25, 0.3) is 0 Å². The van der Waals surface area contributed by atoms with Crippen LogP contribution in [0, 0.1) is 17.2 Å². The van der Waals surface area contributed by atoms with Gasteiger partial charge < -0.3 is 4.90 Å². The van der Waals surface area contributed by atoms with Gasteiger partial charge in [-0.3, -0.25) is 5.32 Å². The molecular weight excluding hydrogens is 258 g/mol. The number of nitrogens with one attached hydrogen (secondary N) is 1. The molecule has 2 atom stereocenters. The van der Waals surface area contributed by atoms with Gasteiger partial charge in [0.05, 0.1) is 6.07 Å². The lowest BCUT2D eigenvalue weighted by Crippen LogP contribution is -2.41. The van der Waals surface area contributed by atoms with Crippen molar-refractivity contribution in [3.05, 3.63) is 0 Å². The maximum atomic E-state index is 9.33. The summed E-state index contributed by atoms with van der Waals surface area (Å²) in [5.74, 6) is 0.954. The highest BCUT2D eigenvalue weighted by atomic mass is 15.1. The summed E-state index contributed by atoms with van der Waals surface area (Å²) in [5.41, 5.74) is -0.331. The minimum Gasteiger partial charge on any atom is -0.303 e. The Kier molecular flexibility index (Phi) is 8.96. The summed E-state index contributed by atoms with van der Waals surface area (Å²) in [6.45, 7) is 11.2. The van der Waals surface area contributed by atoms with E-state index in [2.05, 4.69) is 30.1 Å². The molecule has 0 aliphatic carbocycles. The van der Waals surface area contributed by atoms with Crippen molar-refractivity contribution in [1.29, 1.82) is 5.26 Å². The highest BCUT2D eigenvalue weighted by Crippen LogP contribution is 2.21. The molecule has 1 fully saturated rings. The first-order valence-corrected chi connectivity index (χ1v) is 9.02. The van der Waals surface area contributed by atoms with Gasteiger partial charge in [-0.2, -0.15) is 5.26 Å². The Bertz CT molecular complexity index is 310. The molecule has 0 aromatic carbocycles. The molecule has 0 aromatic rings. The van der Waals surface area contributed by atoms with E-state index < -0.39 is 0 Å². The maximum absolute atomic E-state index is 9.33. The van der Waals surface area contributed by atoms with E-state index in [9.17, 15) is 5.26 Å². The number of nitriles is 1. The number of hydrogen-bond donors (Lipinski definition) is 1. The van der Waals surface area contributed by atoms with E-state index in [0.29, 0.717) is 0 Å². The zero-order chi connectivity index (χ0) is 15.6. The van der Waals surface area contributed by atoms with Crippen molar-refractivity contribution < 1.29 is 0 Å². The van der Waals surface area contributed by atoms with Gasteiger partial charge in [-0.25, -0.2) is 0 Å². The Morgan fingerprint density at radius 2 is 2.05 bits per heavy atom. The fourth-order valence-electron chi connectivity index (χ4n) is 3.26. The van der Waals surface area contributed by atoms with Crippen LogP contribution in [0.4, 0.5) is 0 Å². The molecule has 0 aromatic heterocycles. The molecule has 3 heteroatoms. The number of unbranched alkanes of at least 4 members (excludes halogenated alkanes) is 1. The molecule has 1 saturated heterocycles. The lowest BCUT2D eigenvalue weighted by molar-refractivity contribution is 0.268.